The monoisotopic (exact) mass is 353 g/mol. The van der Waals surface area contributed by atoms with Gasteiger partial charge in [-0.05, 0) is 23.8 Å². The zero-order chi connectivity index (χ0) is 16.4. The Morgan fingerprint density at radius 1 is 1.17 bits per heavy atom. The van der Waals surface area contributed by atoms with Crippen molar-refractivity contribution in [3.8, 4) is 16.9 Å². The highest BCUT2D eigenvalue weighted by Gasteiger charge is 2.38. The average Bonchev–Trinajstić information content (AvgIpc) is 2.56. The largest absolute Gasteiger partial charge is 0.477 e. The highest BCUT2D eigenvalue weighted by atomic mass is 35.5. The van der Waals surface area contributed by atoms with E-state index in [1.807, 2.05) is 24.3 Å². The Labute approximate surface area is 142 Å². The van der Waals surface area contributed by atoms with Gasteiger partial charge in [-0.25, -0.2) is 0 Å². The lowest BCUT2D eigenvalue weighted by atomic mass is 10.1. The van der Waals surface area contributed by atoms with E-state index < -0.39 is 23.7 Å². The van der Waals surface area contributed by atoms with Crippen LogP contribution in [0.4, 0.5) is 0 Å². The summed E-state index contributed by atoms with van der Waals surface area (Å²) in [5.41, 5.74) is 1.06. The van der Waals surface area contributed by atoms with E-state index in [0.717, 1.165) is 11.1 Å². The van der Waals surface area contributed by atoms with Crippen molar-refractivity contribution in [3.63, 3.8) is 0 Å². The molecule has 122 valence electrons. The van der Waals surface area contributed by atoms with Gasteiger partial charge in [0.15, 0.2) is 5.44 Å². The standard InChI is InChI=1S/C16H16ClNO4S/c17-12-7-18-5-4-11(12)9-2-1-3-10(6-9)22-16-15(21)14(20)13(19)8-23-16/h1-7,13-16,19-21H,8H2/t13-,14+,15-,16-/m1/s1. The number of rotatable bonds is 3. The number of ether oxygens (including phenoxy) is 1. The lowest BCUT2D eigenvalue weighted by molar-refractivity contribution is -0.0786. The fraction of sp³-hybridized carbons (Fsp3) is 0.312. The van der Waals surface area contributed by atoms with Gasteiger partial charge in [0.1, 0.15) is 18.0 Å². The second-order valence-electron chi connectivity index (χ2n) is 5.25. The van der Waals surface area contributed by atoms with E-state index >= 15 is 0 Å². The van der Waals surface area contributed by atoms with Crippen LogP contribution in [0.3, 0.4) is 0 Å². The van der Waals surface area contributed by atoms with Crippen molar-refractivity contribution in [2.24, 2.45) is 0 Å². The summed E-state index contributed by atoms with van der Waals surface area (Å²) in [5.74, 6) is 0.856. The van der Waals surface area contributed by atoms with Crippen LogP contribution in [-0.2, 0) is 0 Å². The van der Waals surface area contributed by atoms with Crippen LogP contribution in [0.25, 0.3) is 11.1 Å². The Kier molecular flexibility index (Phi) is 5.08. The van der Waals surface area contributed by atoms with Gasteiger partial charge in [0.2, 0.25) is 0 Å². The van der Waals surface area contributed by atoms with Crippen LogP contribution >= 0.6 is 23.4 Å². The smallest absolute Gasteiger partial charge is 0.173 e. The molecule has 0 unspecified atom stereocenters. The zero-order valence-electron chi connectivity index (χ0n) is 12.0. The molecule has 0 aliphatic carbocycles. The molecule has 0 bridgehead atoms. The maximum absolute atomic E-state index is 10.0. The lowest BCUT2D eigenvalue weighted by Crippen LogP contribution is -2.50. The van der Waals surface area contributed by atoms with Crippen molar-refractivity contribution in [1.29, 1.82) is 0 Å². The fourth-order valence-electron chi connectivity index (χ4n) is 2.36. The quantitative estimate of drug-likeness (QED) is 0.782. The summed E-state index contributed by atoms with van der Waals surface area (Å²) in [6.07, 6.45) is -0.0799. The molecule has 5 nitrogen and oxygen atoms in total. The number of aliphatic hydroxyl groups excluding tert-OH is 3. The van der Waals surface area contributed by atoms with Crippen molar-refractivity contribution < 1.29 is 20.1 Å². The maximum atomic E-state index is 10.0. The summed E-state index contributed by atoms with van der Waals surface area (Å²) < 4.78 is 5.77. The molecule has 0 saturated carbocycles. The van der Waals surface area contributed by atoms with Crippen molar-refractivity contribution in [2.45, 2.75) is 23.7 Å². The van der Waals surface area contributed by atoms with Crippen LogP contribution in [0, 0.1) is 0 Å². The molecule has 3 rings (SSSR count). The molecule has 4 atom stereocenters. The first-order valence-electron chi connectivity index (χ1n) is 7.08. The Hall–Kier alpha value is -1.31. The van der Waals surface area contributed by atoms with Crippen LogP contribution in [0.5, 0.6) is 5.75 Å². The Morgan fingerprint density at radius 3 is 2.78 bits per heavy atom. The molecular weight excluding hydrogens is 338 g/mol. The number of thioether (sulfide) groups is 1. The molecule has 1 saturated heterocycles. The Balaban J connectivity index is 1.80. The van der Waals surface area contributed by atoms with E-state index in [0.29, 0.717) is 16.5 Å². The highest BCUT2D eigenvalue weighted by Crippen LogP contribution is 2.32. The Bertz CT molecular complexity index is 687. The molecule has 1 aliphatic rings. The SMILES string of the molecule is O[C@@H]1[C@@H](O)[C@H](Oc2cccc(-c3ccncc3Cl)c2)SC[C@H]1O. The summed E-state index contributed by atoms with van der Waals surface area (Å²) in [6.45, 7) is 0. The van der Waals surface area contributed by atoms with E-state index in [1.54, 1.807) is 18.5 Å². The lowest BCUT2D eigenvalue weighted by Gasteiger charge is -2.34. The first-order valence-corrected chi connectivity index (χ1v) is 8.51. The van der Waals surface area contributed by atoms with Crippen LogP contribution in [-0.4, -0.2) is 49.8 Å². The van der Waals surface area contributed by atoms with Gasteiger partial charge in [0.05, 0.1) is 11.1 Å². The van der Waals surface area contributed by atoms with Crippen molar-refractivity contribution in [2.75, 3.05) is 5.75 Å². The Morgan fingerprint density at radius 2 is 2.00 bits per heavy atom. The minimum absolute atomic E-state index is 0.304. The second kappa shape index (κ2) is 7.07. The number of pyridine rings is 1. The van der Waals surface area contributed by atoms with Crippen molar-refractivity contribution in [1.82, 2.24) is 4.98 Å². The van der Waals surface area contributed by atoms with E-state index in [1.165, 1.54) is 11.8 Å². The molecule has 1 fully saturated rings. The van der Waals surface area contributed by atoms with Gasteiger partial charge in [0, 0.05) is 23.7 Å². The fourth-order valence-corrected chi connectivity index (χ4v) is 3.71. The third kappa shape index (κ3) is 3.62. The number of aromatic nitrogens is 1. The summed E-state index contributed by atoms with van der Waals surface area (Å²) in [5, 5.41) is 29.8. The van der Waals surface area contributed by atoms with Gasteiger partial charge in [-0.1, -0.05) is 23.7 Å². The summed E-state index contributed by atoms with van der Waals surface area (Å²) in [7, 11) is 0. The van der Waals surface area contributed by atoms with Gasteiger partial charge in [-0.3, -0.25) is 4.98 Å². The first-order chi connectivity index (χ1) is 11.1. The van der Waals surface area contributed by atoms with E-state index in [4.69, 9.17) is 16.3 Å². The number of aliphatic hydroxyl groups is 3. The summed E-state index contributed by atoms with van der Waals surface area (Å²) in [6, 6.07) is 9.12. The predicted octanol–water partition coefficient (Wildman–Crippen LogP) is 1.94. The molecule has 0 radical (unpaired) electrons. The summed E-state index contributed by atoms with van der Waals surface area (Å²) in [4.78, 5) is 3.96. The number of halogens is 1. The molecular formula is C16H16ClNO4S. The third-order valence-electron chi connectivity index (χ3n) is 3.62. The van der Waals surface area contributed by atoms with Crippen LogP contribution in [0.15, 0.2) is 42.7 Å². The second-order valence-corrected chi connectivity index (χ2v) is 6.79. The molecule has 3 N–H and O–H groups in total. The molecule has 1 aromatic heterocycles. The first kappa shape index (κ1) is 16.5. The molecule has 0 amide bonds. The van der Waals surface area contributed by atoms with Gasteiger partial charge >= 0.3 is 0 Å². The van der Waals surface area contributed by atoms with Gasteiger partial charge in [-0.2, -0.15) is 0 Å². The third-order valence-corrected chi connectivity index (χ3v) is 5.16. The maximum Gasteiger partial charge on any atom is 0.173 e. The molecule has 1 aromatic carbocycles. The summed E-state index contributed by atoms with van der Waals surface area (Å²) >= 11 is 7.42. The molecule has 1 aliphatic heterocycles. The van der Waals surface area contributed by atoms with Crippen LogP contribution in [0.1, 0.15) is 0 Å². The van der Waals surface area contributed by atoms with Crippen LogP contribution < -0.4 is 4.74 Å². The number of hydrogen-bond acceptors (Lipinski definition) is 6. The van der Waals surface area contributed by atoms with E-state index in [-0.39, 0.29) is 0 Å². The van der Waals surface area contributed by atoms with Crippen LogP contribution in [0.2, 0.25) is 5.02 Å². The zero-order valence-corrected chi connectivity index (χ0v) is 13.6. The number of hydrogen-bond donors (Lipinski definition) is 3. The van der Waals surface area contributed by atoms with Gasteiger partial charge in [0.25, 0.3) is 0 Å². The highest BCUT2D eigenvalue weighted by molar-refractivity contribution is 7.99. The number of nitrogens with zero attached hydrogens (tertiary/aromatic N) is 1. The van der Waals surface area contributed by atoms with Crippen molar-refractivity contribution >= 4 is 23.4 Å². The topological polar surface area (TPSA) is 82.8 Å². The predicted molar refractivity (Wildman–Crippen MR) is 89.6 cm³/mol. The molecule has 2 aromatic rings. The molecule has 7 heteroatoms. The van der Waals surface area contributed by atoms with Gasteiger partial charge < -0.3 is 20.1 Å². The van der Waals surface area contributed by atoms with Gasteiger partial charge in [-0.15, -0.1) is 11.8 Å². The minimum atomic E-state index is -1.21. The average molecular weight is 354 g/mol. The number of benzene rings is 1. The van der Waals surface area contributed by atoms with Crippen molar-refractivity contribution in [3.05, 3.63) is 47.7 Å². The molecule has 23 heavy (non-hydrogen) atoms. The molecule has 2 heterocycles. The van der Waals surface area contributed by atoms with E-state index in [2.05, 4.69) is 4.98 Å². The van der Waals surface area contributed by atoms with E-state index in [9.17, 15) is 15.3 Å². The normalized spacial score (nSPS) is 27.7. The molecule has 0 spiro atoms. The minimum Gasteiger partial charge on any atom is -0.477 e.